The van der Waals surface area contributed by atoms with Crippen molar-refractivity contribution in [3.63, 3.8) is 0 Å². The van der Waals surface area contributed by atoms with E-state index in [0.717, 1.165) is 11.1 Å². The van der Waals surface area contributed by atoms with Crippen LogP contribution in [0.25, 0.3) is 11.4 Å². The molecule has 7 heteroatoms. The quantitative estimate of drug-likeness (QED) is 0.747. The molecule has 2 amide bonds. The van der Waals surface area contributed by atoms with Crippen molar-refractivity contribution in [1.29, 1.82) is 0 Å². The van der Waals surface area contributed by atoms with Crippen LogP contribution in [0.1, 0.15) is 32.0 Å². The fourth-order valence-electron chi connectivity index (χ4n) is 3.64. The van der Waals surface area contributed by atoms with Crippen molar-refractivity contribution >= 4 is 11.8 Å². The van der Waals surface area contributed by atoms with E-state index in [0.29, 0.717) is 48.8 Å². The minimum atomic E-state index is -0.113. The number of nitrogens with zero attached hydrogens (tertiary/aromatic N) is 4. The number of aromatic nitrogens is 3. The van der Waals surface area contributed by atoms with Gasteiger partial charge >= 0.3 is 0 Å². The number of hydrogen-bond donors (Lipinski definition) is 1. The number of aromatic amines is 1. The molecule has 148 valence electrons. The molecule has 0 atom stereocenters. The van der Waals surface area contributed by atoms with Crippen LogP contribution in [-0.4, -0.2) is 63.0 Å². The Morgan fingerprint density at radius 3 is 2.14 bits per heavy atom. The summed E-state index contributed by atoms with van der Waals surface area (Å²) in [5.74, 6) is -0.0962. The number of hydrogen-bond acceptors (Lipinski definition) is 4. The van der Waals surface area contributed by atoms with Gasteiger partial charge in [-0.2, -0.15) is 5.10 Å². The zero-order valence-electron chi connectivity index (χ0n) is 16.6. The SMILES string of the molecule is Cc1cc(C)cc(C(=O)N2CCN(C(=O)c3cc(-c4ccccn4)n[nH]3)CC2)c1. The molecule has 3 heterocycles. The third kappa shape index (κ3) is 4.03. The number of benzene rings is 1. The zero-order chi connectivity index (χ0) is 20.4. The van der Waals surface area contributed by atoms with Crippen molar-refractivity contribution in [2.75, 3.05) is 26.2 Å². The Balaban J connectivity index is 1.40. The lowest BCUT2D eigenvalue weighted by atomic mass is 10.1. The lowest BCUT2D eigenvalue weighted by Gasteiger charge is -2.34. The standard InChI is InChI=1S/C22H23N5O2/c1-15-11-16(2)13-17(12-15)21(28)26-7-9-27(10-8-26)22(29)20-14-19(24-25-20)18-5-3-4-6-23-18/h3-6,11-14H,7-10H2,1-2H3,(H,24,25). The first kappa shape index (κ1) is 18.9. The summed E-state index contributed by atoms with van der Waals surface area (Å²) < 4.78 is 0. The van der Waals surface area contributed by atoms with Crippen molar-refractivity contribution in [2.24, 2.45) is 0 Å². The molecule has 1 aromatic carbocycles. The summed E-state index contributed by atoms with van der Waals surface area (Å²) in [5.41, 5.74) is 4.63. The van der Waals surface area contributed by atoms with Gasteiger partial charge in [0, 0.05) is 37.9 Å². The van der Waals surface area contributed by atoms with Gasteiger partial charge in [0.15, 0.2) is 0 Å². The summed E-state index contributed by atoms with van der Waals surface area (Å²) in [6.07, 6.45) is 1.69. The normalized spacial score (nSPS) is 14.1. The van der Waals surface area contributed by atoms with E-state index < -0.39 is 0 Å². The fourth-order valence-corrected chi connectivity index (χ4v) is 3.64. The predicted octanol–water partition coefficient (Wildman–Crippen LogP) is 2.69. The largest absolute Gasteiger partial charge is 0.335 e. The van der Waals surface area contributed by atoms with Gasteiger partial charge in [-0.15, -0.1) is 0 Å². The molecule has 0 unspecified atom stereocenters. The van der Waals surface area contributed by atoms with Gasteiger partial charge in [0.05, 0.1) is 5.69 Å². The first-order valence-electron chi connectivity index (χ1n) is 9.65. The topological polar surface area (TPSA) is 82.2 Å². The minimum absolute atomic E-state index is 0.0166. The monoisotopic (exact) mass is 389 g/mol. The van der Waals surface area contributed by atoms with Crippen LogP contribution in [0.4, 0.5) is 0 Å². The van der Waals surface area contributed by atoms with Gasteiger partial charge in [0.2, 0.25) is 0 Å². The van der Waals surface area contributed by atoms with Crippen LogP contribution >= 0.6 is 0 Å². The molecular weight excluding hydrogens is 366 g/mol. The van der Waals surface area contributed by atoms with Crippen LogP contribution in [-0.2, 0) is 0 Å². The first-order valence-corrected chi connectivity index (χ1v) is 9.65. The van der Waals surface area contributed by atoms with Crippen molar-refractivity contribution in [3.05, 3.63) is 71.0 Å². The molecule has 0 aliphatic carbocycles. The van der Waals surface area contributed by atoms with Gasteiger partial charge in [-0.1, -0.05) is 23.3 Å². The Hall–Kier alpha value is -3.48. The summed E-state index contributed by atoms with van der Waals surface area (Å²) in [4.78, 5) is 33.4. The van der Waals surface area contributed by atoms with E-state index in [4.69, 9.17) is 0 Å². The van der Waals surface area contributed by atoms with Gasteiger partial charge < -0.3 is 9.80 Å². The molecule has 7 nitrogen and oxygen atoms in total. The number of amides is 2. The molecule has 0 radical (unpaired) electrons. The van der Waals surface area contributed by atoms with Crippen molar-refractivity contribution in [3.8, 4) is 11.4 Å². The van der Waals surface area contributed by atoms with Gasteiger partial charge in [-0.05, 0) is 44.2 Å². The molecule has 0 saturated carbocycles. The van der Waals surface area contributed by atoms with Crippen LogP contribution < -0.4 is 0 Å². The molecule has 4 rings (SSSR count). The Bertz CT molecular complexity index is 1020. The number of H-pyrrole nitrogens is 1. The maximum absolute atomic E-state index is 12.8. The second-order valence-corrected chi connectivity index (χ2v) is 7.34. The van der Waals surface area contributed by atoms with E-state index in [1.165, 1.54) is 0 Å². The number of aryl methyl sites for hydroxylation is 2. The van der Waals surface area contributed by atoms with Crippen LogP contribution in [0.2, 0.25) is 0 Å². The molecule has 1 fully saturated rings. The number of pyridine rings is 1. The van der Waals surface area contributed by atoms with Gasteiger partial charge in [-0.3, -0.25) is 19.7 Å². The molecular formula is C22H23N5O2. The smallest absolute Gasteiger partial charge is 0.272 e. The highest BCUT2D eigenvalue weighted by Crippen LogP contribution is 2.17. The highest BCUT2D eigenvalue weighted by molar-refractivity contribution is 5.96. The van der Waals surface area contributed by atoms with Crippen molar-refractivity contribution in [1.82, 2.24) is 25.0 Å². The van der Waals surface area contributed by atoms with E-state index in [9.17, 15) is 9.59 Å². The molecule has 29 heavy (non-hydrogen) atoms. The summed E-state index contributed by atoms with van der Waals surface area (Å²) in [6, 6.07) is 13.2. The molecule has 0 spiro atoms. The van der Waals surface area contributed by atoms with Crippen LogP contribution in [0.5, 0.6) is 0 Å². The lowest BCUT2D eigenvalue weighted by Crippen LogP contribution is -2.50. The maximum atomic E-state index is 12.8. The Kier molecular flexibility index (Phi) is 5.12. The Morgan fingerprint density at radius 2 is 1.52 bits per heavy atom. The lowest BCUT2D eigenvalue weighted by molar-refractivity contribution is 0.0532. The summed E-state index contributed by atoms with van der Waals surface area (Å²) >= 11 is 0. The first-order chi connectivity index (χ1) is 14.0. The van der Waals surface area contributed by atoms with E-state index in [2.05, 4.69) is 21.2 Å². The highest BCUT2D eigenvalue weighted by atomic mass is 16.2. The number of carbonyl (C=O) groups excluding carboxylic acids is 2. The Labute approximate surface area is 169 Å². The average Bonchev–Trinajstić information content (AvgIpc) is 3.23. The number of carbonyl (C=O) groups is 2. The van der Waals surface area contributed by atoms with Crippen molar-refractivity contribution in [2.45, 2.75) is 13.8 Å². The van der Waals surface area contributed by atoms with Crippen LogP contribution in [0.3, 0.4) is 0 Å². The molecule has 2 aromatic heterocycles. The molecule has 1 aliphatic heterocycles. The Morgan fingerprint density at radius 1 is 0.862 bits per heavy atom. The van der Waals surface area contributed by atoms with E-state index in [1.807, 2.05) is 49.1 Å². The van der Waals surface area contributed by atoms with Gasteiger partial charge in [-0.25, -0.2) is 0 Å². The maximum Gasteiger partial charge on any atom is 0.272 e. The summed E-state index contributed by atoms with van der Waals surface area (Å²) in [7, 11) is 0. The molecule has 1 N–H and O–H groups in total. The van der Waals surface area contributed by atoms with Crippen LogP contribution in [0.15, 0.2) is 48.7 Å². The van der Waals surface area contributed by atoms with Gasteiger partial charge in [0.25, 0.3) is 11.8 Å². The van der Waals surface area contributed by atoms with Gasteiger partial charge in [0.1, 0.15) is 11.4 Å². The third-order valence-electron chi connectivity index (χ3n) is 5.06. The third-order valence-corrected chi connectivity index (χ3v) is 5.06. The number of piperazine rings is 1. The van der Waals surface area contributed by atoms with E-state index in [-0.39, 0.29) is 11.8 Å². The number of rotatable bonds is 3. The zero-order valence-corrected chi connectivity index (χ0v) is 16.6. The molecule has 1 aliphatic rings. The van der Waals surface area contributed by atoms with Crippen LogP contribution in [0, 0.1) is 13.8 Å². The number of nitrogens with one attached hydrogen (secondary N) is 1. The molecule has 3 aromatic rings. The second kappa shape index (κ2) is 7.87. The summed E-state index contributed by atoms with van der Waals surface area (Å²) in [6.45, 7) is 5.99. The van der Waals surface area contributed by atoms with Crippen molar-refractivity contribution < 1.29 is 9.59 Å². The minimum Gasteiger partial charge on any atom is -0.335 e. The molecule has 1 saturated heterocycles. The fraction of sp³-hybridized carbons (Fsp3) is 0.273. The van der Waals surface area contributed by atoms with E-state index in [1.54, 1.807) is 17.2 Å². The predicted molar refractivity (Wildman–Crippen MR) is 110 cm³/mol. The molecule has 0 bridgehead atoms. The average molecular weight is 389 g/mol. The second-order valence-electron chi connectivity index (χ2n) is 7.34. The highest BCUT2D eigenvalue weighted by Gasteiger charge is 2.26. The van der Waals surface area contributed by atoms with E-state index >= 15 is 0 Å². The summed E-state index contributed by atoms with van der Waals surface area (Å²) in [5, 5.41) is 7.01.